The van der Waals surface area contributed by atoms with Crippen LogP contribution in [0.15, 0.2) is 48.5 Å². The average molecular weight is 281 g/mol. The van der Waals surface area contributed by atoms with Crippen LogP contribution in [-0.4, -0.2) is 15.2 Å². The fourth-order valence-corrected chi connectivity index (χ4v) is 2.03. The van der Waals surface area contributed by atoms with Crippen LogP contribution >= 0.6 is 0 Å². The first-order valence-electron chi connectivity index (χ1n) is 6.79. The van der Waals surface area contributed by atoms with Gasteiger partial charge in [-0.2, -0.15) is 0 Å². The maximum atomic E-state index is 9.43. The lowest BCUT2D eigenvalue weighted by Gasteiger charge is -1.99. The third-order valence-corrected chi connectivity index (χ3v) is 3.28. The van der Waals surface area contributed by atoms with E-state index in [0.29, 0.717) is 11.3 Å². The van der Waals surface area contributed by atoms with Gasteiger partial charge in [0.1, 0.15) is 17.0 Å². The molecule has 3 heteroatoms. The number of para-hydroxylation sites is 2. The lowest BCUT2D eigenvalue weighted by atomic mass is 10.1. The molecular weight excluding hydrogens is 262 g/mol. The summed E-state index contributed by atoms with van der Waals surface area (Å²) in [7, 11) is 0. The van der Waals surface area contributed by atoms with Crippen molar-refractivity contribution in [3.8, 4) is 11.5 Å². The Morgan fingerprint density at radius 2 is 1.38 bits per heavy atom. The predicted octanol–water partition coefficient (Wildman–Crippen LogP) is 4.26. The SMILES string of the molecule is Cc1ccc2cccc(O)c2n1.Cc1cccc(C)c1O. The smallest absolute Gasteiger partial charge is 0.141 e. The Balaban J connectivity index is 0.000000161. The number of phenolic OH excluding ortho intramolecular Hbond substituents is 2. The average Bonchev–Trinajstić information content (AvgIpc) is 2.46. The number of aromatic hydroxyl groups is 2. The Bertz CT molecular complexity index is 746. The van der Waals surface area contributed by atoms with Gasteiger partial charge in [-0.25, -0.2) is 4.98 Å². The molecule has 21 heavy (non-hydrogen) atoms. The summed E-state index contributed by atoms with van der Waals surface area (Å²) in [6.07, 6.45) is 0. The zero-order valence-electron chi connectivity index (χ0n) is 12.5. The van der Waals surface area contributed by atoms with Crippen LogP contribution < -0.4 is 0 Å². The standard InChI is InChI=1S/C10H9NO.C8H10O/c1-7-5-6-8-3-2-4-9(12)10(8)11-7;1-6-4-3-5-7(2)8(6)9/h2-6,12H,1H3;3-5,9H,1-2H3. The second-order valence-electron chi connectivity index (χ2n) is 5.04. The van der Waals surface area contributed by atoms with Crippen molar-refractivity contribution in [2.75, 3.05) is 0 Å². The monoisotopic (exact) mass is 281 g/mol. The Labute approximate surface area is 124 Å². The Morgan fingerprint density at radius 1 is 0.762 bits per heavy atom. The molecule has 1 aromatic heterocycles. The molecule has 3 rings (SSSR count). The van der Waals surface area contributed by atoms with Crippen molar-refractivity contribution in [1.29, 1.82) is 0 Å². The molecular formula is C18H19NO2. The fraction of sp³-hybridized carbons (Fsp3) is 0.167. The molecule has 0 amide bonds. The fourth-order valence-electron chi connectivity index (χ4n) is 2.03. The van der Waals surface area contributed by atoms with Crippen molar-refractivity contribution in [3.05, 3.63) is 65.4 Å². The quantitative estimate of drug-likeness (QED) is 0.647. The topological polar surface area (TPSA) is 53.4 Å². The van der Waals surface area contributed by atoms with Crippen LogP contribution in [0.4, 0.5) is 0 Å². The lowest BCUT2D eigenvalue weighted by molar-refractivity contribution is 0.467. The first-order valence-corrected chi connectivity index (χ1v) is 6.79. The third kappa shape index (κ3) is 3.51. The highest BCUT2D eigenvalue weighted by molar-refractivity contribution is 5.84. The lowest BCUT2D eigenvalue weighted by Crippen LogP contribution is -1.82. The Kier molecular flexibility index (Phi) is 4.43. The number of aryl methyl sites for hydroxylation is 3. The van der Waals surface area contributed by atoms with Crippen molar-refractivity contribution in [3.63, 3.8) is 0 Å². The number of aromatic nitrogens is 1. The van der Waals surface area contributed by atoms with Gasteiger partial charge in [-0.3, -0.25) is 0 Å². The molecule has 0 aliphatic rings. The van der Waals surface area contributed by atoms with Gasteiger partial charge in [-0.15, -0.1) is 0 Å². The van der Waals surface area contributed by atoms with E-state index in [1.165, 1.54) is 0 Å². The summed E-state index contributed by atoms with van der Waals surface area (Å²) in [6.45, 7) is 5.69. The number of phenols is 2. The van der Waals surface area contributed by atoms with Crippen molar-refractivity contribution in [1.82, 2.24) is 4.98 Å². The Morgan fingerprint density at radius 3 is 2.00 bits per heavy atom. The summed E-state index contributed by atoms with van der Waals surface area (Å²) in [5.74, 6) is 0.661. The van der Waals surface area contributed by atoms with Crippen LogP contribution in [0.5, 0.6) is 11.5 Å². The summed E-state index contributed by atoms with van der Waals surface area (Å²) in [6, 6.07) is 15.0. The largest absolute Gasteiger partial charge is 0.507 e. The minimum absolute atomic E-state index is 0.246. The zero-order chi connectivity index (χ0) is 15.4. The third-order valence-electron chi connectivity index (χ3n) is 3.28. The van der Waals surface area contributed by atoms with Gasteiger partial charge in [0, 0.05) is 11.1 Å². The summed E-state index contributed by atoms with van der Waals surface area (Å²) < 4.78 is 0. The molecule has 0 atom stereocenters. The molecule has 0 aliphatic heterocycles. The number of pyridine rings is 1. The van der Waals surface area contributed by atoms with Gasteiger partial charge in [-0.05, 0) is 44.0 Å². The molecule has 2 aromatic carbocycles. The molecule has 0 fully saturated rings. The zero-order valence-corrected chi connectivity index (χ0v) is 12.5. The first-order chi connectivity index (χ1) is 9.99. The van der Waals surface area contributed by atoms with Crippen LogP contribution in [-0.2, 0) is 0 Å². The van der Waals surface area contributed by atoms with E-state index in [2.05, 4.69) is 4.98 Å². The normalized spacial score (nSPS) is 10.0. The predicted molar refractivity (Wildman–Crippen MR) is 85.7 cm³/mol. The van der Waals surface area contributed by atoms with Gasteiger partial charge in [0.05, 0.1) is 0 Å². The maximum absolute atomic E-state index is 9.43. The maximum Gasteiger partial charge on any atom is 0.141 e. The van der Waals surface area contributed by atoms with Crippen LogP contribution in [0.25, 0.3) is 10.9 Å². The van der Waals surface area contributed by atoms with E-state index < -0.39 is 0 Å². The van der Waals surface area contributed by atoms with E-state index in [1.54, 1.807) is 6.07 Å². The molecule has 2 N–H and O–H groups in total. The van der Waals surface area contributed by atoms with Crippen LogP contribution in [0, 0.1) is 20.8 Å². The van der Waals surface area contributed by atoms with Crippen molar-refractivity contribution < 1.29 is 10.2 Å². The van der Waals surface area contributed by atoms with E-state index in [4.69, 9.17) is 0 Å². The van der Waals surface area contributed by atoms with E-state index in [1.807, 2.05) is 63.2 Å². The molecule has 0 radical (unpaired) electrons. The summed E-state index contributed by atoms with van der Waals surface area (Å²) in [4.78, 5) is 4.23. The number of fused-ring (bicyclic) bond motifs is 1. The van der Waals surface area contributed by atoms with Crippen molar-refractivity contribution >= 4 is 10.9 Å². The van der Waals surface area contributed by atoms with Gasteiger partial charge < -0.3 is 10.2 Å². The number of hydrogen-bond donors (Lipinski definition) is 2. The van der Waals surface area contributed by atoms with Gasteiger partial charge >= 0.3 is 0 Å². The summed E-state index contributed by atoms with van der Waals surface area (Å²) >= 11 is 0. The number of rotatable bonds is 0. The molecule has 1 heterocycles. The van der Waals surface area contributed by atoms with E-state index >= 15 is 0 Å². The second-order valence-corrected chi connectivity index (χ2v) is 5.04. The molecule has 0 unspecified atom stereocenters. The van der Waals surface area contributed by atoms with Crippen molar-refractivity contribution in [2.45, 2.75) is 20.8 Å². The molecule has 3 aromatic rings. The van der Waals surface area contributed by atoms with Gasteiger partial charge in [0.2, 0.25) is 0 Å². The molecule has 3 nitrogen and oxygen atoms in total. The Hall–Kier alpha value is -2.55. The number of benzene rings is 2. The van der Waals surface area contributed by atoms with Gasteiger partial charge in [0.15, 0.2) is 0 Å². The highest BCUT2D eigenvalue weighted by Crippen LogP contribution is 2.21. The highest BCUT2D eigenvalue weighted by atomic mass is 16.3. The minimum Gasteiger partial charge on any atom is -0.507 e. The first kappa shape index (κ1) is 14.9. The molecule has 0 aliphatic carbocycles. The van der Waals surface area contributed by atoms with Crippen LogP contribution in [0.2, 0.25) is 0 Å². The molecule has 0 spiro atoms. The van der Waals surface area contributed by atoms with E-state index in [-0.39, 0.29) is 5.75 Å². The van der Waals surface area contributed by atoms with Gasteiger partial charge in [0.25, 0.3) is 0 Å². The second kappa shape index (κ2) is 6.27. The summed E-state index contributed by atoms with van der Waals surface area (Å²) in [5, 5.41) is 19.6. The highest BCUT2D eigenvalue weighted by Gasteiger charge is 1.99. The molecule has 0 saturated heterocycles. The minimum atomic E-state index is 0.246. The van der Waals surface area contributed by atoms with E-state index in [0.717, 1.165) is 22.2 Å². The summed E-state index contributed by atoms with van der Waals surface area (Å²) in [5.41, 5.74) is 3.48. The van der Waals surface area contributed by atoms with Crippen LogP contribution in [0.3, 0.4) is 0 Å². The number of nitrogens with zero attached hydrogens (tertiary/aromatic N) is 1. The van der Waals surface area contributed by atoms with Gasteiger partial charge in [-0.1, -0.05) is 36.4 Å². The molecule has 0 bridgehead atoms. The van der Waals surface area contributed by atoms with Crippen molar-refractivity contribution in [2.24, 2.45) is 0 Å². The molecule has 0 saturated carbocycles. The number of hydrogen-bond acceptors (Lipinski definition) is 3. The van der Waals surface area contributed by atoms with E-state index in [9.17, 15) is 10.2 Å². The van der Waals surface area contributed by atoms with Crippen LogP contribution in [0.1, 0.15) is 16.8 Å². The molecule has 108 valence electrons.